The van der Waals surface area contributed by atoms with Gasteiger partial charge in [0.1, 0.15) is 17.7 Å². The summed E-state index contributed by atoms with van der Waals surface area (Å²) in [4.78, 5) is 14.9. The molecule has 10 nitrogen and oxygen atoms in total. The summed E-state index contributed by atoms with van der Waals surface area (Å²) in [6, 6.07) is 5.75. The van der Waals surface area contributed by atoms with Gasteiger partial charge in [-0.05, 0) is 57.2 Å². The second-order valence-electron chi connectivity index (χ2n) is 11.6. The van der Waals surface area contributed by atoms with E-state index < -0.39 is 0 Å². The Balaban J connectivity index is 1.35. The normalized spacial score (nSPS) is 23.1. The Bertz CT molecular complexity index is 1510. The van der Waals surface area contributed by atoms with Crippen LogP contribution in [0, 0.1) is 18.7 Å². The van der Waals surface area contributed by atoms with E-state index in [0.29, 0.717) is 11.7 Å². The molecule has 0 radical (unpaired) electrons. The molecular weight excluding hydrogens is 511 g/mol. The Labute approximate surface area is 234 Å². The second kappa shape index (κ2) is 10.6. The maximum atomic E-state index is 14.7. The average molecular weight is 551 g/mol. The van der Waals surface area contributed by atoms with Gasteiger partial charge in [0.2, 0.25) is 0 Å². The number of aromatic nitrogens is 6. The fraction of sp³-hybridized carbons (Fsp3) is 0.586. The lowest BCUT2D eigenvalue weighted by atomic mass is 9.91. The second-order valence-corrected chi connectivity index (χ2v) is 11.6. The monoisotopic (exact) mass is 550 g/mol. The van der Waals surface area contributed by atoms with Crippen LogP contribution >= 0.6 is 0 Å². The average Bonchev–Trinajstić information content (AvgIpc) is 3.67. The van der Waals surface area contributed by atoms with E-state index in [2.05, 4.69) is 52.3 Å². The van der Waals surface area contributed by atoms with Gasteiger partial charge in [0.05, 0.1) is 19.8 Å². The van der Waals surface area contributed by atoms with Crippen LogP contribution in [0.1, 0.15) is 58.0 Å². The van der Waals surface area contributed by atoms with E-state index >= 15 is 0 Å². The fourth-order valence-corrected chi connectivity index (χ4v) is 6.62. The third-order valence-corrected chi connectivity index (χ3v) is 8.53. The molecule has 214 valence electrons. The van der Waals surface area contributed by atoms with Crippen molar-refractivity contribution in [3.05, 3.63) is 41.7 Å². The molecule has 4 atom stereocenters. The standard InChI is InChI=1S/C29H39FN8O2/c1-17(2)26(21-9-10-24(39-6)23(30)12-21)35-13-19(4)36(14-18(35)3)27-25-28(38-16-31-34-29(38)33-27)37(20(5)32-25)15-22-8-7-11-40-22/h9-10,12,16-19,22,26H,7-8,11,13-15H2,1-6H3/t18-,19+,22+,26?/m1/s1. The van der Waals surface area contributed by atoms with Gasteiger partial charge in [-0.3, -0.25) is 4.90 Å². The van der Waals surface area contributed by atoms with Crippen LogP contribution in [0.5, 0.6) is 5.75 Å². The number of nitrogens with zero attached hydrogens (tertiary/aromatic N) is 8. The van der Waals surface area contributed by atoms with Crippen molar-refractivity contribution in [3.63, 3.8) is 0 Å². The van der Waals surface area contributed by atoms with Crippen molar-refractivity contribution in [1.29, 1.82) is 0 Å². The molecule has 2 saturated heterocycles. The molecule has 0 amide bonds. The number of fused-ring (bicyclic) bond motifs is 3. The number of benzene rings is 1. The molecule has 11 heteroatoms. The molecule has 0 bridgehead atoms. The van der Waals surface area contributed by atoms with Crippen molar-refractivity contribution < 1.29 is 13.9 Å². The Hall–Kier alpha value is -3.31. The number of hydrogen-bond acceptors (Lipinski definition) is 8. The summed E-state index contributed by atoms with van der Waals surface area (Å²) in [5.41, 5.74) is 2.77. The number of anilines is 1. The summed E-state index contributed by atoms with van der Waals surface area (Å²) in [5, 5.41) is 8.50. The molecule has 1 aromatic carbocycles. The molecule has 40 heavy (non-hydrogen) atoms. The molecule has 4 aromatic rings. The lowest BCUT2D eigenvalue weighted by Crippen LogP contribution is -2.58. The van der Waals surface area contributed by atoms with Crippen LogP contribution < -0.4 is 9.64 Å². The predicted molar refractivity (Wildman–Crippen MR) is 151 cm³/mol. The van der Waals surface area contributed by atoms with E-state index in [1.807, 2.05) is 17.4 Å². The van der Waals surface area contributed by atoms with Crippen LogP contribution in [0.3, 0.4) is 0 Å². The maximum absolute atomic E-state index is 14.7. The summed E-state index contributed by atoms with van der Waals surface area (Å²) >= 11 is 0. The first-order chi connectivity index (χ1) is 19.3. The SMILES string of the molecule is COc1ccc(C(C(C)C)N2C[C@H](C)N(c3nc4nncn4c4c3nc(C)n4C[C@@H]3CCCO3)C[C@H]2C)cc1F. The van der Waals surface area contributed by atoms with Crippen LogP contribution in [0.25, 0.3) is 16.9 Å². The highest BCUT2D eigenvalue weighted by Crippen LogP contribution is 2.37. The summed E-state index contributed by atoms with van der Waals surface area (Å²) in [6.45, 7) is 14.0. The van der Waals surface area contributed by atoms with Gasteiger partial charge in [0, 0.05) is 37.8 Å². The third-order valence-electron chi connectivity index (χ3n) is 8.53. The molecule has 1 unspecified atom stereocenters. The smallest absolute Gasteiger partial charge is 0.258 e. The summed E-state index contributed by atoms with van der Waals surface area (Å²) in [5.74, 6) is 2.56. The van der Waals surface area contributed by atoms with Gasteiger partial charge in [0.15, 0.2) is 23.0 Å². The molecule has 0 spiro atoms. The number of aryl methyl sites for hydroxylation is 1. The number of methoxy groups -OCH3 is 1. The fourth-order valence-electron chi connectivity index (χ4n) is 6.62. The number of piperazine rings is 1. The Kier molecular flexibility index (Phi) is 7.12. The molecule has 2 fully saturated rings. The summed E-state index contributed by atoms with van der Waals surface area (Å²) in [7, 11) is 1.50. The lowest BCUT2D eigenvalue weighted by Gasteiger charge is -2.49. The first-order valence-corrected chi connectivity index (χ1v) is 14.3. The number of imidazole rings is 1. The minimum Gasteiger partial charge on any atom is -0.494 e. The zero-order chi connectivity index (χ0) is 28.1. The van der Waals surface area contributed by atoms with E-state index in [-0.39, 0.29) is 35.8 Å². The van der Waals surface area contributed by atoms with Gasteiger partial charge in [0.25, 0.3) is 5.78 Å². The first kappa shape index (κ1) is 26.9. The van der Waals surface area contributed by atoms with Crippen LogP contribution in [0.2, 0.25) is 0 Å². The minimum atomic E-state index is -0.327. The minimum absolute atomic E-state index is 0.0693. The molecule has 0 N–H and O–H groups in total. The zero-order valence-electron chi connectivity index (χ0n) is 24.2. The van der Waals surface area contributed by atoms with Gasteiger partial charge in [-0.1, -0.05) is 19.9 Å². The maximum Gasteiger partial charge on any atom is 0.258 e. The lowest BCUT2D eigenvalue weighted by molar-refractivity contribution is 0.0819. The van der Waals surface area contributed by atoms with Crippen LogP contribution in [0.15, 0.2) is 24.5 Å². The Morgan fingerprint density at radius 3 is 2.67 bits per heavy atom. The Morgan fingerprint density at radius 2 is 1.98 bits per heavy atom. The molecule has 2 aliphatic rings. The topological polar surface area (TPSA) is 85.8 Å². The highest BCUT2D eigenvalue weighted by Gasteiger charge is 2.37. The molecule has 5 heterocycles. The van der Waals surface area contributed by atoms with Crippen molar-refractivity contribution in [3.8, 4) is 5.75 Å². The molecule has 2 aliphatic heterocycles. The summed E-state index contributed by atoms with van der Waals surface area (Å²) in [6.07, 6.45) is 4.03. The zero-order valence-corrected chi connectivity index (χ0v) is 24.2. The van der Waals surface area contributed by atoms with Crippen LogP contribution in [-0.2, 0) is 11.3 Å². The molecule has 6 rings (SSSR count). The number of rotatable bonds is 7. The Morgan fingerprint density at radius 1 is 1.15 bits per heavy atom. The van der Waals surface area contributed by atoms with E-state index in [1.54, 1.807) is 18.5 Å². The van der Waals surface area contributed by atoms with Gasteiger partial charge >= 0.3 is 0 Å². The van der Waals surface area contributed by atoms with E-state index in [4.69, 9.17) is 19.4 Å². The quantitative estimate of drug-likeness (QED) is 0.335. The van der Waals surface area contributed by atoms with Crippen molar-refractivity contribution in [2.24, 2.45) is 5.92 Å². The predicted octanol–water partition coefficient (Wildman–Crippen LogP) is 4.41. The van der Waals surface area contributed by atoms with Gasteiger partial charge < -0.3 is 18.9 Å². The van der Waals surface area contributed by atoms with Crippen molar-refractivity contribution in [2.75, 3.05) is 31.7 Å². The summed E-state index contributed by atoms with van der Waals surface area (Å²) < 4.78 is 30.0. The molecule has 0 saturated carbocycles. The van der Waals surface area contributed by atoms with Gasteiger partial charge in [-0.25, -0.2) is 13.8 Å². The van der Waals surface area contributed by atoms with E-state index in [9.17, 15) is 4.39 Å². The highest BCUT2D eigenvalue weighted by molar-refractivity contribution is 5.87. The highest BCUT2D eigenvalue weighted by atomic mass is 19.1. The van der Waals surface area contributed by atoms with Crippen molar-refractivity contribution in [1.82, 2.24) is 34.0 Å². The van der Waals surface area contributed by atoms with Gasteiger partial charge in [-0.15, -0.1) is 10.2 Å². The molecular formula is C29H39FN8O2. The molecule has 3 aromatic heterocycles. The van der Waals surface area contributed by atoms with Crippen LogP contribution in [-0.4, -0.2) is 79.0 Å². The van der Waals surface area contributed by atoms with Gasteiger partial charge in [-0.2, -0.15) is 4.98 Å². The number of hydrogen-bond donors (Lipinski definition) is 0. The van der Waals surface area contributed by atoms with E-state index in [1.165, 1.54) is 7.11 Å². The van der Waals surface area contributed by atoms with Crippen molar-refractivity contribution in [2.45, 2.75) is 78.2 Å². The van der Waals surface area contributed by atoms with Crippen molar-refractivity contribution >= 4 is 22.8 Å². The number of halogens is 1. The van der Waals surface area contributed by atoms with Crippen LogP contribution in [0.4, 0.5) is 10.2 Å². The third kappa shape index (κ3) is 4.58. The first-order valence-electron chi connectivity index (χ1n) is 14.3. The largest absolute Gasteiger partial charge is 0.494 e. The number of ether oxygens (including phenoxy) is 2. The molecule has 0 aliphatic carbocycles. The van der Waals surface area contributed by atoms with E-state index in [0.717, 1.165) is 67.5 Å².